The molecule has 0 fully saturated rings. The molecule has 0 aliphatic rings. The summed E-state index contributed by atoms with van der Waals surface area (Å²) in [4.78, 5) is 0. The largest absolute Gasteiger partial charge is 0.330 e. The van der Waals surface area contributed by atoms with E-state index in [2.05, 4.69) is 0 Å². The van der Waals surface area contributed by atoms with Crippen LogP contribution in [0.25, 0.3) is 0 Å². The van der Waals surface area contributed by atoms with Gasteiger partial charge < -0.3 is 11.5 Å². The van der Waals surface area contributed by atoms with Gasteiger partial charge in [-0.3, -0.25) is 0 Å². The topological polar surface area (TPSA) is 52.0 Å². The maximum Gasteiger partial charge on any atom is 0.0639 e. The van der Waals surface area contributed by atoms with Crippen LogP contribution in [-0.2, 0) is 0 Å². The minimum atomic E-state index is -0.0530. The molecule has 1 aromatic rings. The van der Waals surface area contributed by atoms with E-state index in [1.165, 1.54) is 0 Å². The average molecular weight is 247 g/mol. The van der Waals surface area contributed by atoms with Crippen molar-refractivity contribution in [3.05, 3.63) is 33.8 Å². The summed E-state index contributed by atoms with van der Waals surface area (Å²) in [5, 5.41) is 1.13. The highest BCUT2D eigenvalue weighted by Crippen LogP contribution is 2.30. The monoisotopic (exact) mass is 246 g/mol. The second-order valence-corrected chi connectivity index (χ2v) is 4.32. The van der Waals surface area contributed by atoms with Crippen molar-refractivity contribution in [2.75, 3.05) is 6.54 Å². The molecule has 84 valence electrons. The Kier molecular flexibility index (Phi) is 5.40. The van der Waals surface area contributed by atoms with Crippen molar-refractivity contribution in [1.82, 2.24) is 0 Å². The molecule has 0 spiro atoms. The Morgan fingerprint density at radius 3 is 2.60 bits per heavy atom. The molecule has 0 aliphatic heterocycles. The fourth-order valence-electron chi connectivity index (χ4n) is 1.47. The number of benzene rings is 1. The van der Waals surface area contributed by atoms with Crippen LogP contribution in [0.5, 0.6) is 0 Å². The number of rotatable bonds is 5. The number of hydrogen-bond donors (Lipinski definition) is 2. The zero-order valence-corrected chi connectivity index (χ0v) is 10.1. The molecule has 0 bridgehead atoms. The summed E-state index contributed by atoms with van der Waals surface area (Å²) in [6.45, 7) is 0.704. The van der Waals surface area contributed by atoms with E-state index < -0.39 is 0 Å². The van der Waals surface area contributed by atoms with E-state index in [1.807, 2.05) is 12.1 Å². The van der Waals surface area contributed by atoms with Crippen LogP contribution in [0.3, 0.4) is 0 Å². The average Bonchev–Trinajstić information content (AvgIpc) is 2.22. The smallest absolute Gasteiger partial charge is 0.0639 e. The summed E-state index contributed by atoms with van der Waals surface area (Å²) < 4.78 is 0. The molecule has 0 heterocycles. The van der Waals surface area contributed by atoms with Crippen molar-refractivity contribution in [3.63, 3.8) is 0 Å². The maximum absolute atomic E-state index is 6.06. The summed E-state index contributed by atoms with van der Waals surface area (Å²) >= 11 is 12.0. The van der Waals surface area contributed by atoms with Crippen molar-refractivity contribution >= 4 is 23.2 Å². The number of unbranched alkanes of at least 4 members (excludes halogenated alkanes) is 1. The van der Waals surface area contributed by atoms with Gasteiger partial charge in [-0.15, -0.1) is 0 Å². The van der Waals surface area contributed by atoms with Crippen molar-refractivity contribution in [1.29, 1.82) is 0 Å². The van der Waals surface area contributed by atoms with Crippen LogP contribution in [0, 0.1) is 0 Å². The molecular weight excluding hydrogens is 231 g/mol. The van der Waals surface area contributed by atoms with Gasteiger partial charge in [-0.1, -0.05) is 41.8 Å². The van der Waals surface area contributed by atoms with Gasteiger partial charge in [0.05, 0.1) is 10.0 Å². The Bertz CT molecular complexity index is 315. The van der Waals surface area contributed by atoms with E-state index in [4.69, 9.17) is 34.7 Å². The fourth-order valence-corrected chi connectivity index (χ4v) is 1.92. The van der Waals surface area contributed by atoms with Gasteiger partial charge in [0.15, 0.2) is 0 Å². The van der Waals surface area contributed by atoms with E-state index in [0.717, 1.165) is 24.8 Å². The van der Waals surface area contributed by atoms with Gasteiger partial charge in [0.2, 0.25) is 0 Å². The van der Waals surface area contributed by atoms with E-state index in [1.54, 1.807) is 6.07 Å². The van der Waals surface area contributed by atoms with Gasteiger partial charge >= 0.3 is 0 Å². The van der Waals surface area contributed by atoms with Crippen molar-refractivity contribution in [2.45, 2.75) is 25.3 Å². The van der Waals surface area contributed by atoms with Gasteiger partial charge in [-0.2, -0.15) is 0 Å². The van der Waals surface area contributed by atoms with Gasteiger partial charge in [0.1, 0.15) is 0 Å². The lowest BCUT2D eigenvalue weighted by Gasteiger charge is -2.13. The Labute approximate surface area is 101 Å². The molecular formula is C11H16Cl2N2. The number of nitrogens with two attached hydrogens (primary N) is 2. The molecule has 0 aromatic heterocycles. The first-order valence-corrected chi connectivity index (χ1v) is 5.82. The summed E-state index contributed by atoms with van der Waals surface area (Å²) in [5.41, 5.74) is 12.4. The molecule has 1 atom stereocenters. The molecule has 0 aliphatic carbocycles. The third-order valence-corrected chi connectivity index (χ3v) is 3.18. The van der Waals surface area contributed by atoms with Crippen LogP contribution in [0.2, 0.25) is 10.0 Å². The molecule has 2 nitrogen and oxygen atoms in total. The standard InChI is InChI=1S/C11H16Cl2N2/c12-9-5-3-4-8(11(9)13)10(15)6-1-2-7-14/h3-5,10H,1-2,6-7,14-15H2/t10-/m0/s1. The lowest BCUT2D eigenvalue weighted by atomic mass is 10.0. The SMILES string of the molecule is NCCCC[C@H](N)c1cccc(Cl)c1Cl. The van der Waals surface area contributed by atoms with E-state index in [-0.39, 0.29) is 6.04 Å². The van der Waals surface area contributed by atoms with E-state index in [9.17, 15) is 0 Å². The lowest BCUT2D eigenvalue weighted by Crippen LogP contribution is -2.11. The van der Waals surface area contributed by atoms with Crippen LogP contribution in [0.1, 0.15) is 30.9 Å². The summed E-state index contributed by atoms with van der Waals surface area (Å²) in [5.74, 6) is 0. The first-order valence-electron chi connectivity index (χ1n) is 5.06. The normalized spacial score (nSPS) is 12.8. The molecule has 0 saturated carbocycles. The van der Waals surface area contributed by atoms with Crippen LogP contribution in [0.4, 0.5) is 0 Å². The molecule has 4 heteroatoms. The quantitative estimate of drug-likeness (QED) is 0.785. The second kappa shape index (κ2) is 6.33. The Balaban J connectivity index is 2.65. The molecule has 4 N–H and O–H groups in total. The molecule has 0 unspecified atom stereocenters. The third-order valence-electron chi connectivity index (χ3n) is 2.35. The highest BCUT2D eigenvalue weighted by atomic mass is 35.5. The Hall–Kier alpha value is -0.280. The molecule has 0 saturated heterocycles. The first kappa shape index (κ1) is 12.8. The van der Waals surface area contributed by atoms with Crippen LogP contribution < -0.4 is 11.5 Å². The van der Waals surface area contributed by atoms with Crippen LogP contribution in [-0.4, -0.2) is 6.54 Å². The van der Waals surface area contributed by atoms with Crippen LogP contribution >= 0.6 is 23.2 Å². The van der Waals surface area contributed by atoms with Crippen molar-refractivity contribution < 1.29 is 0 Å². The molecule has 1 aromatic carbocycles. The Morgan fingerprint density at radius 2 is 1.93 bits per heavy atom. The maximum atomic E-state index is 6.06. The van der Waals surface area contributed by atoms with Crippen LogP contribution in [0.15, 0.2) is 18.2 Å². The fraction of sp³-hybridized carbons (Fsp3) is 0.455. The van der Waals surface area contributed by atoms with Gasteiger partial charge in [-0.05, 0) is 31.0 Å². The highest BCUT2D eigenvalue weighted by Gasteiger charge is 2.11. The zero-order chi connectivity index (χ0) is 11.3. The second-order valence-electron chi connectivity index (χ2n) is 3.53. The molecule has 0 amide bonds. The lowest BCUT2D eigenvalue weighted by molar-refractivity contribution is 0.591. The van der Waals surface area contributed by atoms with E-state index >= 15 is 0 Å². The summed E-state index contributed by atoms with van der Waals surface area (Å²) in [7, 11) is 0. The molecule has 1 rings (SSSR count). The van der Waals surface area contributed by atoms with E-state index in [0.29, 0.717) is 16.6 Å². The summed E-state index contributed by atoms with van der Waals surface area (Å²) in [6.07, 6.45) is 2.89. The predicted octanol–water partition coefficient (Wildman–Crippen LogP) is 3.12. The molecule has 0 radical (unpaired) electrons. The predicted molar refractivity (Wildman–Crippen MR) is 66.3 cm³/mol. The van der Waals surface area contributed by atoms with Gasteiger partial charge in [0.25, 0.3) is 0 Å². The third kappa shape index (κ3) is 3.65. The number of hydrogen-bond acceptors (Lipinski definition) is 2. The molecule has 15 heavy (non-hydrogen) atoms. The number of halogens is 2. The van der Waals surface area contributed by atoms with Crippen molar-refractivity contribution in [2.24, 2.45) is 11.5 Å². The van der Waals surface area contributed by atoms with Crippen molar-refractivity contribution in [3.8, 4) is 0 Å². The first-order chi connectivity index (χ1) is 7.16. The van der Waals surface area contributed by atoms with Gasteiger partial charge in [0, 0.05) is 6.04 Å². The minimum absolute atomic E-state index is 0.0530. The highest BCUT2D eigenvalue weighted by molar-refractivity contribution is 6.42. The van der Waals surface area contributed by atoms with Gasteiger partial charge in [-0.25, -0.2) is 0 Å². The Morgan fingerprint density at radius 1 is 1.20 bits per heavy atom. The zero-order valence-electron chi connectivity index (χ0n) is 8.55. The summed E-state index contributed by atoms with van der Waals surface area (Å²) in [6, 6.07) is 5.50. The minimum Gasteiger partial charge on any atom is -0.330 e.